The van der Waals surface area contributed by atoms with Gasteiger partial charge in [-0.1, -0.05) is 23.6 Å². The van der Waals surface area contributed by atoms with Gasteiger partial charge in [0.2, 0.25) is 6.41 Å². The molecule has 0 aliphatic heterocycles. The zero-order chi connectivity index (χ0) is 26.9. The quantitative estimate of drug-likeness (QED) is 0.180. The van der Waals surface area contributed by atoms with E-state index in [1.54, 1.807) is 41.6 Å². The summed E-state index contributed by atoms with van der Waals surface area (Å²) in [4.78, 5) is 28.3. The molecule has 0 bridgehead atoms. The van der Waals surface area contributed by atoms with Gasteiger partial charge in [0.1, 0.15) is 5.82 Å². The number of likely N-dealkylation sites (N-methyl/N-ethyl adjacent to an activating group) is 2. The molecule has 0 saturated heterocycles. The largest absolute Gasteiger partial charge is 0.322 e. The first-order valence-electron chi connectivity index (χ1n) is 11.3. The van der Waals surface area contributed by atoms with Crippen molar-refractivity contribution in [2.45, 2.75) is 0 Å². The number of hydrogen-bond donors (Lipinski definition) is 1. The number of anilines is 3. The third-order valence-electron chi connectivity index (χ3n) is 5.38. The highest BCUT2D eigenvalue weighted by Crippen LogP contribution is 2.32. The molecule has 0 heterocycles. The van der Waals surface area contributed by atoms with Gasteiger partial charge in [0.25, 0.3) is 5.91 Å². The van der Waals surface area contributed by atoms with Crippen LogP contribution in [0.2, 0.25) is 5.02 Å². The highest BCUT2D eigenvalue weighted by Gasteiger charge is 2.21. The summed E-state index contributed by atoms with van der Waals surface area (Å²) in [6, 6.07) is 15.5. The van der Waals surface area contributed by atoms with Gasteiger partial charge in [-0.05, 0) is 74.3 Å². The Morgan fingerprint density at radius 3 is 2.38 bits per heavy atom. The first-order chi connectivity index (χ1) is 17.7. The standard InChI is InChI=1S/C28H27ClFN5O2/c1-5-20-6-10-23(11-7-20)32-28(37)24-17-22(29)9-13-26(24)35(19-36)27-12-8-21(16-25(27)30)18-31-34(4)15-14-33(2)3/h1,6-13,16-19H,14-15H2,2-4H3,(H,32,37). The number of nitrogens with zero attached hydrogens (tertiary/aromatic N) is 4. The normalized spacial score (nSPS) is 10.8. The highest BCUT2D eigenvalue weighted by atomic mass is 35.5. The molecule has 3 aromatic rings. The molecule has 3 aromatic carbocycles. The summed E-state index contributed by atoms with van der Waals surface area (Å²) in [6.07, 6.45) is 7.36. The van der Waals surface area contributed by atoms with Crippen LogP contribution in [-0.2, 0) is 4.79 Å². The topological polar surface area (TPSA) is 68.2 Å². The Morgan fingerprint density at radius 1 is 1.05 bits per heavy atom. The van der Waals surface area contributed by atoms with Crippen molar-refractivity contribution in [2.75, 3.05) is 44.4 Å². The van der Waals surface area contributed by atoms with Gasteiger partial charge < -0.3 is 10.2 Å². The molecule has 9 heteroatoms. The van der Waals surface area contributed by atoms with E-state index >= 15 is 4.39 Å². The number of carbonyl (C=O) groups is 2. The maximum absolute atomic E-state index is 15.2. The molecule has 1 N–H and O–H groups in total. The van der Waals surface area contributed by atoms with Crippen LogP contribution in [0, 0.1) is 18.2 Å². The zero-order valence-corrected chi connectivity index (χ0v) is 21.5. The fraction of sp³-hybridized carbons (Fsp3) is 0.179. The van der Waals surface area contributed by atoms with Crippen molar-refractivity contribution in [1.29, 1.82) is 0 Å². The second-order valence-electron chi connectivity index (χ2n) is 8.45. The van der Waals surface area contributed by atoms with Gasteiger partial charge in [-0.2, -0.15) is 5.10 Å². The lowest BCUT2D eigenvalue weighted by molar-refractivity contribution is -0.106. The Bertz CT molecular complexity index is 1340. The van der Waals surface area contributed by atoms with Crippen molar-refractivity contribution >= 4 is 47.2 Å². The van der Waals surface area contributed by atoms with Crippen LogP contribution in [0.1, 0.15) is 21.5 Å². The smallest absolute Gasteiger partial charge is 0.257 e. The lowest BCUT2D eigenvalue weighted by Crippen LogP contribution is -2.25. The molecular formula is C28H27ClFN5O2. The molecule has 0 unspecified atom stereocenters. The molecule has 0 fully saturated rings. The van der Waals surface area contributed by atoms with E-state index in [1.165, 1.54) is 30.3 Å². The van der Waals surface area contributed by atoms with E-state index in [1.807, 2.05) is 26.0 Å². The third-order valence-corrected chi connectivity index (χ3v) is 5.62. The molecule has 0 saturated carbocycles. The number of amides is 2. The van der Waals surface area contributed by atoms with Gasteiger partial charge in [0.15, 0.2) is 0 Å². The van der Waals surface area contributed by atoms with Crippen LogP contribution in [0.25, 0.3) is 0 Å². The summed E-state index contributed by atoms with van der Waals surface area (Å²) in [5.41, 5.74) is 1.92. The molecule has 0 aliphatic carbocycles. The van der Waals surface area contributed by atoms with Crippen molar-refractivity contribution in [3.63, 3.8) is 0 Å². The van der Waals surface area contributed by atoms with Crippen LogP contribution in [0.15, 0.2) is 65.8 Å². The van der Waals surface area contributed by atoms with Crippen LogP contribution in [-0.4, -0.2) is 62.7 Å². The third kappa shape index (κ3) is 7.40. The van der Waals surface area contributed by atoms with Gasteiger partial charge in [-0.3, -0.25) is 19.5 Å². The molecule has 0 radical (unpaired) electrons. The van der Waals surface area contributed by atoms with E-state index in [4.69, 9.17) is 18.0 Å². The monoisotopic (exact) mass is 519 g/mol. The van der Waals surface area contributed by atoms with Crippen LogP contribution >= 0.6 is 11.6 Å². The van der Waals surface area contributed by atoms with E-state index in [-0.39, 0.29) is 22.0 Å². The Kier molecular flexibility index (Phi) is 9.39. The molecule has 0 aliphatic rings. The van der Waals surface area contributed by atoms with Crippen LogP contribution < -0.4 is 10.2 Å². The van der Waals surface area contributed by atoms with Crippen LogP contribution in [0.5, 0.6) is 0 Å². The van der Waals surface area contributed by atoms with Crippen molar-refractivity contribution in [2.24, 2.45) is 5.10 Å². The van der Waals surface area contributed by atoms with Crippen LogP contribution in [0.4, 0.5) is 21.5 Å². The van der Waals surface area contributed by atoms with E-state index in [2.05, 4.69) is 16.3 Å². The number of terminal acetylenes is 1. The summed E-state index contributed by atoms with van der Waals surface area (Å²) in [5.74, 6) is 1.33. The second-order valence-corrected chi connectivity index (χ2v) is 8.89. The molecule has 7 nitrogen and oxygen atoms in total. The SMILES string of the molecule is C#Cc1ccc(NC(=O)c2cc(Cl)ccc2N(C=O)c2ccc(C=NN(C)CCN(C)C)cc2F)cc1. The van der Waals surface area contributed by atoms with Crippen molar-refractivity contribution in [3.8, 4) is 12.3 Å². The van der Waals surface area contributed by atoms with Gasteiger partial charge in [0.05, 0.1) is 23.2 Å². The number of hydrogen-bond acceptors (Lipinski definition) is 5. The van der Waals surface area contributed by atoms with Crippen molar-refractivity contribution in [3.05, 3.63) is 88.2 Å². The Morgan fingerprint density at radius 2 is 1.76 bits per heavy atom. The van der Waals surface area contributed by atoms with E-state index in [0.29, 0.717) is 29.8 Å². The zero-order valence-electron chi connectivity index (χ0n) is 20.8. The Balaban J connectivity index is 1.87. The first-order valence-corrected chi connectivity index (χ1v) is 11.7. The van der Waals surface area contributed by atoms with Gasteiger partial charge in [-0.25, -0.2) is 4.39 Å². The van der Waals surface area contributed by atoms with Gasteiger partial charge in [-0.15, -0.1) is 6.42 Å². The minimum absolute atomic E-state index is 0.0251. The fourth-order valence-corrected chi connectivity index (χ4v) is 3.53. The minimum atomic E-state index is -0.654. The number of halogens is 2. The maximum atomic E-state index is 15.2. The summed E-state index contributed by atoms with van der Waals surface area (Å²) < 4.78 is 15.2. The van der Waals surface area contributed by atoms with E-state index in [0.717, 1.165) is 11.4 Å². The second kappa shape index (κ2) is 12.7. The summed E-state index contributed by atoms with van der Waals surface area (Å²) in [7, 11) is 5.77. The number of carbonyl (C=O) groups excluding carboxylic acids is 2. The van der Waals surface area contributed by atoms with E-state index in [9.17, 15) is 9.59 Å². The van der Waals surface area contributed by atoms with Crippen LogP contribution in [0.3, 0.4) is 0 Å². The average molecular weight is 520 g/mol. The maximum Gasteiger partial charge on any atom is 0.257 e. The number of benzene rings is 3. The number of hydrazone groups is 1. The summed E-state index contributed by atoms with van der Waals surface area (Å²) in [5, 5.41) is 9.10. The highest BCUT2D eigenvalue weighted by molar-refractivity contribution is 6.31. The van der Waals surface area contributed by atoms with Crippen molar-refractivity contribution in [1.82, 2.24) is 9.91 Å². The van der Waals surface area contributed by atoms with Gasteiger partial charge >= 0.3 is 0 Å². The molecule has 190 valence electrons. The van der Waals surface area contributed by atoms with Gasteiger partial charge in [0, 0.05) is 36.4 Å². The molecule has 0 atom stereocenters. The molecule has 3 rings (SSSR count). The minimum Gasteiger partial charge on any atom is -0.322 e. The first kappa shape index (κ1) is 27.4. The lowest BCUT2D eigenvalue weighted by Gasteiger charge is -2.22. The molecule has 0 spiro atoms. The predicted octanol–water partition coefficient (Wildman–Crippen LogP) is 4.83. The Hall–Kier alpha value is -4.19. The van der Waals surface area contributed by atoms with E-state index < -0.39 is 11.7 Å². The summed E-state index contributed by atoms with van der Waals surface area (Å²) in [6.45, 7) is 1.53. The molecule has 2 amide bonds. The average Bonchev–Trinajstić information content (AvgIpc) is 2.88. The lowest BCUT2D eigenvalue weighted by atomic mass is 10.1. The molecular weight excluding hydrogens is 493 g/mol. The molecule has 0 aromatic heterocycles. The van der Waals surface area contributed by atoms with Crippen molar-refractivity contribution < 1.29 is 14.0 Å². The fourth-order valence-electron chi connectivity index (χ4n) is 3.36. The predicted molar refractivity (Wildman–Crippen MR) is 147 cm³/mol. The number of nitrogens with one attached hydrogen (secondary N) is 1. The Labute approximate surface area is 221 Å². The summed E-state index contributed by atoms with van der Waals surface area (Å²) >= 11 is 6.15. The molecule has 37 heavy (non-hydrogen) atoms. The number of rotatable bonds is 10.